The van der Waals surface area contributed by atoms with Gasteiger partial charge >= 0.3 is 6.18 Å². The van der Waals surface area contributed by atoms with Crippen molar-refractivity contribution in [2.75, 3.05) is 0 Å². The first-order chi connectivity index (χ1) is 12.9. The molecule has 27 heavy (non-hydrogen) atoms. The Morgan fingerprint density at radius 1 is 1.04 bits per heavy atom. The second-order valence-corrected chi connectivity index (χ2v) is 6.06. The molecule has 7 heteroatoms. The Labute approximate surface area is 159 Å². The predicted molar refractivity (Wildman–Crippen MR) is 98.5 cm³/mol. The van der Waals surface area contributed by atoms with Gasteiger partial charge in [-0.1, -0.05) is 59.2 Å². The Morgan fingerprint density at radius 3 is 2.48 bits per heavy atom. The fraction of sp³-hybridized carbons (Fsp3) is 0.100. The quantitative estimate of drug-likeness (QED) is 0.397. The van der Waals surface area contributed by atoms with Gasteiger partial charge in [0.25, 0.3) is 0 Å². The molecule has 1 aromatic heterocycles. The molecule has 3 nitrogen and oxygen atoms in total. The molecule has 138 valence electrons. The van der Waals surface area contributed by atoms with Crippen LogP contribution >= 0.6 is 11.6 Å². The van der Waals surface area contributed by atoms with E-state index in [1.54, 1.807) is 30.3 Å². The van der Waals surface area contributed by atoms with Crippen molar-refractivity contribution < 1.29 is 18.0 Å². The van der Waals surface area contributed by atoms with E-state index in [9.17, 15) is 13.2 Å². The topological polar surface area (TPSA) is 34.5 Å². The lowest BCUT2D eigenvalue weighted by Gasteiger charge is -2.08. The number of hydrogen-bond acceptors (Lipinski definition) is 3. The van der Waals surface area contributed by atoms with E-state index in [-0.39, 0.29) is 12.3 Å². The molecule has 2 aromatic carbocycles. The number of rotatable bonds is 5. The first kappa shape index (κ1) is 18.9. The van der Waals surface area contributed by atoms with Gasteiger partial charge in [0, 0.05) is 22.3 Å². The minimum absolute atomic E-state index is 0.239. The fourth-order valence-electron chi connectivity index (χ4n) is 2.33. The SMILES string of the molecule is FC(F)(F)c1ccnc(-c2ccc(/C=N/OCc3ccccc3Cl)cc2)c1. The second kappa shape index (κ2) is 8.22. The smallest absolute Gasteiger partial charge is 0.391 e. The van der Waals surface area contributed by atoms with Gasteiger partial charge in [-0.25, -0.2) is 0 Å². The number of nitrogens with zero attached hydrogens (tertiary/aromatic N) is 2. The summed E-state index contributed by atoms with van der Waals surface area (Å²) >= 11 is 6.03. The summed E-state index contributed by atoms with van der Waals surface area (Å²) in [6.45, 7) is 0.239. The van der Waals surface area contributed by atoms with Crippen LogP contribution in [0, 0.1) is 0 Å². The van der Waals surface area contributed by atoms with Crippen LogP contribution in [0.15, 0.2) is 72.0 Å². The molecule has 0 amide bonds. The van der Waals surface area contributed by atoms with E-state index in [0.29, 0.717) is 10.6 Å². The average Bonchev–Trinajstić information content (AvgIpc) is 2.66. The zero-order chi connectivity index (χ0) is 19.3. The molecular weight excluding hydrogens is 377 g/mol. The number of benzene rings is 2. The van der Waals surface area contributed by atoms with Gasteiger partial charge in [0.15, 0.2) is 0 Å². The number of hydrogen-bond donors (Lipinski definition) is 0. The van der Waals surface area contributed by atoms with Crippen molar-refractivity contribution in [3.05, 3.63) is 88.6 Å². The largest absolute Gasteiger partial charge is 0.416 e. The van der Waals surface area contributed by atoms with E-state index < -0.39 is 11.7 Å². The molecule has 0 fully saturated rings. The maximum absolute atomic E-state index is 12.8. The van der Waals surface area contributed by atoms with Crippen LogP contribution in [0.3, 0.4) is 0 Å². The molecule has 0 atom stereocenters. The van der Waals surface area contributed by atoms with Crippen LogP contribution in [0.4, 0.5) is 13.2 Å². The van der Waals surface area contributed by atoms with E-state index in [4.69, 9.17) is 16.4 Å². The number of halogens is 4. The van der Waals surface area contributed by atoms with Crippen LogP contribution in [0.1, 0.15) is 16.7 Å². The number of aromatic nitrogens is 1. The summed E-state index contributed by atoms with van der Waals surface area (Å²) in [4.78, 5) is 9.22. The summed E-state index contributed by atoms with van der Waals surface area (Å²) < 4.78 is 38.4. The highest BCUT2D eigenvalue weighted by Gasteiger charge is 2.30. The first-order valence-corrected chi connectivity index (χ1v) is 8.34. The Morgan fingerprint density at radius 2 is 1.78 bits per heavy atom. The Kier molecular flexibility index (Phi) is 5.76. The van der Waals surface area contributed by atoms with Crippen LogP contribution in [0.25, 0.3) is 11.3 Å². The zero-order valence-corrected chi connectivity index (χ0v) is 14.7. The summed E-state index contributed by atoms with van der Waals surface area (Å²) in [7, 11) is 0. The summed E-state index contributed by atoms with van der Waals surface area (Å²) in [6, 6.07) is 16.1. The molecule has 0 bridgehead atoms. The maximum Gasteiger partial charge on any atom is 0.416 e. The lowest BCUT2D eigenvalue weighted by atomic mass is 10.1. The van der Waals surface area contributed by atoms with E-state index in [1.807, 2.05) is 18.2 Å². The molecule has 0 aliphatic rings. The van der Waals surface area contributed by atoms with Crippen molar-refractivity contribution in [3.63, 3.8) is 0 Å². The fourth-order valence-corrected chi connectivity index (χ4v) is 2.52. The summed E-state index contributed by atoms with van der Waals surface area (Å²) in [5.41, 5.74) is 1.66. The highest BCUT2D eigenvalue weighted by atomic mass is 35.5. The van der Waals surface area contributed by atoms with Crippen molar-refractivity contribution in [1.82, 2.24) is 4.98 Å². The van der Waals surface area contributed by atoms with Gasteiger partial charge in [-0.15, -0.1) is 0 Å². The van der Waals surface area contributed by atoms with Crippen molar-refractivity contribution >= 4 is 17.8 Å². The molecule has 0 spiro atoms. The molecule has 0 saturated heterocycles. The van der Waals surface area contributed by atoms with E-state index in [1.165, 1.54) is 6.21 Å². The first-order valence-electron chi connectivity index (χ1n) is 7.96. The highest BCUT2D eigenvalue weighted by molar-refractivity contribution is 6.31. The maximum atomic E-state index is 12.8. The van der Waals surface area contributed by atoms with Crippen LogP contribution in [-0.2, 0) is 17.6 Å². The summed E-state index contributed by atoms with van der Waals surface area (Å²) in [5.74, 6) is 0. The Balaban J connectivity index is 1.64. The van der Waals surface area contributed by atoms with E-state index in [2.05, 4.69) is 10.1 Å². The molecule has 0 N–H and O–H groups in total. The van der Waals surface area contributed by atoms with Gasteiger partial charge in [0.2, 0.25) is 0 Å². The third-order valence-electron chi connectivity index (χ3n) is 3.75. The molecule has 1 heterocycles. The Hall–Kier alpha value is -2.86. The van der Waals surface area contributed by atoms with Gasteiger partial charge in [-0.2, -0.15) is 13.2 Å². The van der Waals surface area contributed by atoms with Crippen LogP contribution in [0.2, 0.25) is 5.02 Å². The highest BCUT2D eigenvalue weighted by Crippen LogP contribution is 2.31. The minimum atomic E-state index is -4.40. The molecule has 0 aliphatic heterocycles. The molecule has 0 saturated carbocycles. The zero-order valence-electron chi connectivity index (χ0n) is 13.9. The molecule has 3 aromatic rings. The monoisotopic (exact) mass is 390 g/mol. The third kappa shape index (κ3) is 5.08. The normalized spacial score (nSPS) is 11.7. The summed E-state index contributed by atoms with van der Waals surface area (Å²) in [5, 5.41) is 4.48. The van der Waals surface area contributed by atoms with Gasteiger partial charge < -0.3 is 4.84 Å². The van der Waals surface area contributed by atoms with Crippen LogP contribution in [-0.4, -0.2) is 11.2 Å². The number of pyridine rings is 1. The minimum Gasteiger partial charge on any atom is -0.391 e. The average molecular weight is 391 g/mol. The summed E-state index contributed by atoms with van der Waals surface area (Å²) in [6.07, 6.45) is -1.74. The van der Waals surface area contributed by atoms with Crippen molar-refractivity contribution in [1.29, 1.82) is 0 Å². The van der Waals surface area contributed by atoms with Gasteiger partial charge in [-0.05, 0) is 23.8 Å². The van der Waals surface area contributed by atoms with Crippen LogP contribution in [0.5, 0.6) is 0 Å². The van der Waals surface area contributed by atoms with E-state index >= 15 is 0 Å². The number of oxime groups is 1. The van der Waals surface area contributed by atoms with Gasteiger partial charge in [0.1, 0.15) is 6.61 Å². The molecule has 0 aliphatic carbocycles. The molecule has 0 unspecified atom stereocenters. The second-order valence-electron chi connectivity index (χ2n) is 5.65. The Bertz CT molecular complexity index is 940. The van der Waals surface area contributed by atoms with Gasteiger partial charge in [0.05, 0.1) is 17.5 Å². The predicted octanol–water partition coefficient (Wildman–Crippen LogP) is 5.97. The standard InChI is InChI=1S/C20H14ClF3N2O/c21-18-4-2-1-3-16(18)13-27-26-12-14-5-7-15(8-6-14)19-11-17(9-10-25-19)20(22,23)24/h1-12H,13H2/b26-12+. The van der Waals surface area contributed by atoms with Crippen LogP contribution < -0.4 is 0 Å². The molecular formula is C20H14ClF3N2O. The third-order valence-corrected chi connectivity index (χ3v) is 4.12. The number of alkyl halides is 3. The lowest BCUT2D eigenvalue weighted by molar-refractivity contribution is -0.137. The molecule has 3 rings (SSSR count). The van der Waals surface area contributed by atoms with E-state index in [0.717, 1.165) is 29.5 Å². The van der Waals surface area contributed by atoms with Crippen molar-refractivity contribution in [2.45, 2.75) is 12.8 Å². The lowest BCUT2D eigenvalue weighted by Crippen LogP contribution is -2.05. The van der Waals surface area contributed by atoms with Crippen molar-refractivity contribution in [2.24, 2.45) is 5.16 Å². The van der Waals surface area contributed by atoms with Gasteiger partial charge in [-0.3, -0.25) is 4.98 Å². The van der Waals surface area contributed by atoms with Crippen molar-refractivity contribution in [3.8, 4) is 11.3 Å². The molecule has 0 radical (unpaired) electrons.